The zero-order valence-corrected chi connectivity index (χ0v) is 15.9. The quantitative estimate of drug-likeness (QED) is 0.303. The fourth-order valence-electron chi connectivity index (χ4n) is 3.68. The van der Waals surface area contributed by atoms with Gasteiger partial charge in [0.25, 0.3) is 0 Å². The third-order valence-electron chi connectivity index (χ3n) is 5.30. The van der Waals surface area contributed by atoms with Crippen LogP contribution in [-0.2, 0) is 0 Å². The Morgan fingerprint density at radius 2 is 1.76 bits per heavy atom. The molecule has 1 fully saturated rings. The summed E-state index contributed by atoms with van der Waals surface area (Å²) in [4.78, 5) is 0. The van der Waals surface area contributed by atoms with Crippen molar-refractivity contribution in [1.82, 2.24) is 0 Å². The highest BCUT2D eigenvalue weighted by molar-refractivity contribution is 5.29. The molecule has 0 saturated heterocycles. The summed E-state index contributed by atoms with van der Waals surface area (Å²) in [6, 6.07) is 8.78. The van der Waals surface area contributed by atoms with E-state index in [4.69, 9.17) is 4.74 Å². The number of hydrogen-bond acceptors (Lipinski definition) is 1. The van der Waals surface area contributed by atoms with Crippen LogP contribution in [0.5, 0.6) is 5.75 Å². The molecule has 1 saturated carbocycles. The van der Waals surface area contributed by atoms with Gasteiger partial charge in [0.05, 0.1) is 13.3 Å². The second kappa shape index (κ2) is 12.1. The molecule has 0 unspecified atom stereocenters. The van der Waals surface area contributed by atoms with Crippen molar-refractivity contribution < 1.29 is 9.13 Å². The highest BCUT2D eigenvalue weighted by Crippen LogP contribution is 2.36. The molecule has 0 amide bonds. The van der Waals surface area contributed by atoms with Gasteiger partial charge in [-0.05, 0) is 74.5 Å². The summed E-state index contributed by atoms with van der Waals surface area (Å²) >= 11 is 0. The van der Waals surface area contributed by atoms with Crippen molar-refractivity contribution in [2.24, 2.45) is 5.92 Å². The number of rotatable bonds is 11. The largest absolute Gasteiger partial charge is 0.494 e. The molecule has 2 rings (SSSR count). The van der Waals surface area contributed by atoms with Gasteiger partial charge >= 0.3 is 0 Å². The van der Waals surface area contributed by atoms with Crippen LogP contribution in [0, 0.1) is 5.92 Å². The Morgan fingerprint density at radius 3 is 2.44 bits per heavy atom. The first-order chi connectivity index (χ1) is 12.3. The maximum absolute atomic E-state index is 12.1. The second-order valence-electron chi connectivity index (χ2n) is 7.35. The summed E-state index contributed by atoms with van der Waals surface area (Å²) in [7, 11) is 0. The Hall–Kier alpha value is -1.31. The maximum Gasteiger partial charge on any atom is 0.119 e. The molecule has 140 valence electrons. The minimum absolute atomic E-state index is 0.199. The zero-order valence-electron chi connectivity index (χ0n) is 15.9. The molecular formula is C23H35FO. The Bertz CT molecular complexity index is 471. The fourth-order valence-corrected chi connectivity index (χ4v) is 3.68. The first-order valence-corrected chi connectivity index (χ1v) is 10.3. The number of hydrogen-bond donors (Lipinski definition) is 0. The summed E-state index contributed by atoms with van der Waals surface area (Å²) in [6.45, 7) is 2.87. The number of benzene rings is 1. The van der Waals surface area contributed by atoms with Crippen LogP contribution in [0.2, 0.25) is 0 Å². The highest BCUT2D eigenvalue weighted by atomic mass is 19.1. The molecule has 0 radical (unpaired) electrons. The van der Waals surface area contributed by atoms with Crippen LogP contribution in [0.25, 0.3) is 0 Å². The molecule has 0 N–H and O–H groups in total. The van der Waals surface area contributed by atoms with Crippen LogP contribution in [0.15, 0.2) is 36.4 Å². The van der Waals surface area contributed by atoms with Gasteiger partial charge in [-0.1, -0.05) is 50.5 Å². The third kappa shape index (κ3) is 7.63. The molecule has 0 spiro atoms. The van der Waals surface area contributed by atoms with Crippen LogP contribution in [0.4, 0.5) is 4.39 Å². The van der Waals surface area contributed by atoms with E-state index in [1.54, 1.807) is 0 Å². The third-order valence-corrected chi connectivity index (χ3v) is 5.30. The molecule has 0 aromatic heterocycles. The summed E-state index contributed by atoms with van der Waals surface area (Å²) in [5.41, 5.74) is 1.46. The van der Waals surface area contributed by atoms with E-state index >= 15 is 0 Å². The van der Waals surface area contributed by atoms with Gasteiger partial charge in [-0.15, -0.1) is 0 Å². The number of ether oxygens (including phenoxy) is 1. The molecule has 1 aromatic carbocycles. The summed E-state index contributed by atoms with van der Waals surface area (Å²) in [6.07, 6.45) is 16.1. The van der Waals surface area contributed by atoms with Gasteiger partial charge < -0.3 is 4.74 Å². The van der Waals surface area contributed by atoms with Crippen LogP contribution >= 0.6 is 0 Å². The first kappa shape index (κ1) is 20.0. The van der Waals surface area contributed by atoms with E-state index in [-0.39, 0.29) is 6.67 Å². The topological polar surface area (TPSA) is 9.23 Å². The van der Waals surface area contributed by atoms with Crippen LogP contribution in [0.1, 0.15) is 82.6 Å². The van der Waals surface area contributed by atoms with Crippen LogP contribution < -0.4 is 4.74 Å². The van der Waals surface area contributed by atoms with Gasteiger partial charge in [-0.2, -0.15) is 0 Å². The normalized spacial score (nSPS) is 20.9. The Kier molecular flexibility index (Phi) is 9.69. The Labute approximate surface area is 153 Å². The SMILES string of the molecule is CCCCCCOc1ccc([C@H]2CC[C@H](C=CCCCF)CC2)cc1. The molecule has 0 atom stereocenters. The van der Waals surface area contributed by atoms with E-state index in [0.717, 1.165) is 25.2 Å². The Morgan fingerprint density at radius 1 is 1.00 bits per heavy atom. The molecule has 25 heavy (non-hydrogen) atoms. The van der Waals surface area contributed by atoms with Crippen molar-refractivity contribution >= 4 is 0 Å². The monoisotopic (exact) mass is 346 g/mol. The molecule has 0 aliphatic heterocycles. The van der Waals surface area contributed by atoms with Crippen molar-refractivity contribution in [2.45, 2.75) is 77.0 Å². The predicted molar refractivity (Wildman–Crippen MR) is 105 cm³/mol. The van der Waals surface area contributed by atoms with Gasteiger partial charge in [0.2, 0.25) is 0 Å². The van der Waals surface area contributed by atoms with E-state index in [2.05, 4.69) is 43.3 Å². The lowest BCUT2D eigenvalue weighted by molar-refractivity contribution is 0.304. The molecule has 0 heterocycles. The standard InChI is InChI=1S/C23H35FO/c1-2-3-4-8-19-25-23-16-14-22(15-17-23)21-12-10-20(11-13-21)9-6-5-7-18-24/h6,9,14-17,20-21H,2-5,7-8,10-13,18-19H2,1H3/t20-,21-. The van der Waals surface area contributed by atoms with Crippen LogP contribution in [-0.4, -0.2) is 13.3 Å². The average molecular weight is 347 g/mol. The van der Waals surface area contributed by atoms with E-state index in [0.29, 0.717) is 18.3 Å². The van der Waals surface area contributed by atoms with Gasteiger partial charge in [0.1, 0.15) is 5.75 Å². The van der Waals surface area contributed by atoms with Crippen molar-refractivity contribution in [3.63, 3.8) is 0 Å². The predicted octanol–water partition coefficient (Wildman–Crippen LogP) is 7.23. The van der Waals surface area contributed by atoms with Crippen molar-refractivity contribution in [2.75, 3.05) is 13.3 Å². The molecule has 0 bridgehead atoms. The van der Waals surface area contributed by atoms with Crippen LogP contribution in [0.3, 0.4) is 0 Å². The van der Waals surface area contributed by atoms with Gasteiger partial charge in [0, 0.05) is 0 Å². The molecule has 1 aliphatic carbocycles. The number of halogens is 1. The van der Waals surface area contributed by atoms with Gasteiger partial charge in [-0.25, -0.2) is 0 Å². The number of allylic oxidation sites excluding steroid dienone is 2. The summed E-state index contributed by atoms with van der Waals surface area (Å²) in [5, 5.41) is 0. The minimum Gasteiger partial charge on any atom is -0.494 e. The summed E-state index contributed by atoms with van der Waals surface area (Å²) < 4.78 is 17.9. The lowest BCUT2D eigenvalue weighted by Crippen LogP contribution is -2.11. The maximum atomic E-state index is 12.1. The van der Waals surface area contributed by atoms with Crippen molar-refractivity contribution in [3.05, 3.63) is 42.0 Å². The van der Waals surface area contributed by atoms with Crippen molar-refractivity contribution in [1.29, 1.82) is 0 Å². The summed E-state index contributed by atoms with van der Waals surface area (Å²) in [5.74, 6) is 2.39. The molecule has 1 aliphatic rings. The van der Waals surface area contributed by atoms with Crippen molar-refractivity contribution in [3.8, 4) is 5.75 Å². The second-order valence-corrected chi connectivity index (χ2v) is 7.35. The Balaban J connectivity index is 1.69. The smallest absolute Gasteiger partial charge is 0.119 e. The highest BCUT2D eigenvalue weighted by Gasteiger charge is 2.20. The fraction of sp³-hybridized carbons (Fsp3) is 0.652. The number of alkyl halides is 1. The van der Waals surface area contributed by atoms with E-state index in [1.165, 1.54) is 50.5 Å². The number of unbranched alkanes of at least 4 members (excludes halogenated alkanes) is 4. The first-order valence-electron chi connectivity index (χ1n) is 10.3. The lowest BCUT2D eigenvalue weighted by Gasteiger charge is -2.27. The minimum atomic E-state index is -0.199. The zero-order chi connectivity index (χ0) is 17.7. The lowest BCUT2D eigenvalue weighted by atomic mass is 9.78. The molecule has 1 nitrogen and oxygen atoms in total. The molecule has 2 heteroatoms. The van der Waals surface area contributed by atoms with E-state index < -0.39 is 0 Å². The molecule has 1 aromatic rings. The van der Waals surface area contributed by atoms with E-state index in [1.807, 2.05) is 0 Å². The van der Waals surface area contributed by atoms with Gasteiger partial charge in [0.15, 0.2) is 0 Å². The molecular weight excluding hydrogens is 311 g/mol. The van der Waals surface area contributed by atoms with E-state index in [9.17, 15) is 4.39 Å². The van der Waals surface area contributed by atoms with Gasteiger partial charge in [-0.3, -0.25) is 4.39 Å². The average Bonchev–Trinajstić information content (AvgIpc) is 2.66.